The third-order valence-corrected chi connectivity index (χ3v) is 3.99. The smallest absolute Gasteiger partial charge is 0.132 e. The third kappa shape index (κ3) is 2.27. The van der Waals surface area contributed by atoms with Gasteiger partial charge in [-0.25, -0.2) is 0 Å². The number of ether oxygens (including phenoxy) is 1. The van der Waals surface area contributed by atoms with E-state index in [0.717, 1.165) is 26.1 Å². The van der Waals surface area contributed by atoms with Crippen molar-refractivity contribution in [3.8, 4) is 0 Å². The van der Waals surface area contributed by atoms with E-state index in [1.165, 1.54) is 6.42 Å². The van der Waals surface area contributed by atoms with Gasteiger partial charge in [0.1, 0.15) is 5.72 Å². The van der Waals surface area contributed by atoms with Crippen molar-refractivity contribution in [2.75, 3.05) is 19.7 Å². The fourth-order valence-corrected chi connectivity index (χ4v) is 3.13. The highest BCUT2D eigenvalue weighted by Crippen LogP contribution is 2.36. The standard InChI is InChI=1S/C13H26N2O/c1-10(2)11-12(3,4)9-16-13(15-11)6-5-7-14-8-13/h10-11,14-15H,5-9H2,1-4H3. The molecule has 0 aromatic rings. The molecule has 2 unspecified atom stereocenters. The summed E-state index contributed by atoms with van der Waals surface area (Å²) in [5, 5.41) is 7.22. The topological polar surface area (TPSA) is 33.3 Å². The molecule has 16 heavy (non-hydrogen) atoms. The van der Waals surface area contributed by atoms with E-state index in [1.54, 1.807) is 0 Å². The molecule has 2 fully saturated rings. The molecule has 0 aliphatic carbocycles. The zero-order chi connectivity index (χ0) is 11.8. The Balaban J connectivity index is 2.10. The number of hydrogen-bond donors (Lipinski definition) is 2. The number of nitrogens with one attached hydrogen (secondary N) is 2. The van der Waals surface area contributed by atoms with Crippen molar-refractivity contribution in [1.82, 2.24) is 10.6 Å². The summed E-state index contributed by atoms with van der Waals surface area (Å²) in [6.07, 6.45) is 2.34. The molecule has 2 atom stereocenters. The van der Waals surface area contributed by atoms with Crippen molar-refractivity contribution in [3.05, 3.63) is 0 Å². The minimum Gasteiger partial charge on any atom is -0.359 e. The summed E-state index contributed by atoms with van der Waals surface area (Å²) in [6.45, 7) is 12.1. The molecule has 2 N–H and O–H groups in total. The molecule has 2 aliphatic rings. The molecule has 2 heterocycles. The predicted octanol–water partition coefficient (Wildman–Crippen LogP) is 1.74. The maximum absolute atomic E-state index is 6.13. The van der Waals surface area contributed by atoms with Crippen LogP contribution < -0.4 is 10.6 Å². The minimum atomic E-state index is -0.0945. The van der Waals surface area contributed by atoms with Gasteiger partial charge in [-0.15, -0.1) is 0 Å². The van der Waals surface area contributed by atoms with Gasteiger partial charge in [0.15, 0.2) is 0 Å². The van der Waals surface area contributed by atoms with Crippen molar-refractivity contribution < 1.29 is 4.74 Å². The van der Waals surface area contributed by atoms with Crippen molar-refractivity contribution in [1.29, 1.82) is 0 Å². The Kier molecular flexibility index (Phi) is 3.30. The Labute approximate surface area is 99.3 Å². The average Bonchev–Trinajstić information content (AvgIpc) is 2.23. The molecule has 0 aromatic carbocycles. The Morgan fingerprint density at radius 1 is 1.31 bits per heavy atom. The maximum atomic E-state index is 6.13. The van der Waals surface area contributed by atoms with E-state index in [0.29, 0.717) is 12.0 Å². The number of hydrogen-bond acceptors (Lipinski definition) is 3. The summed E-state index contributed by atoms with van der Waals surface area (Å²) < 4.78 is 6.13. The van der Waals surface area contributed by atoms with Crippen LogP contribution in [0.1, 0.15) is 40.5 Å². The fourth-order valence-electron chi connectivity index (χ4n) is 3.13. The second kappa shape index (κ2) is 4.28. The summed E-state index contributed by atoms with van der Waals surface area (Å²) in [5.41, 5.74) is 0.138. The number of piperidine rings is 1. The first-order chi connectivity index (χ1) is 7.45. The lowest BCUT2D eigenvalue weighted by Crippen LogP contribution is -2.69. The summed E-state index contributed by atoms with van der Waals surface area (Å²) >= 11 is 0. The van der Waals surface area contributed by atoms with Gasteiger partial charge in [0, 0.05) is 18.0 Å². The highest BCUT2D eigenvalue weighted by atomic mass is 16.5. The lowest BCUT2D eigenvalue weighted by atomic mass is 9.76. The van der Waals surface area contributed by atoms with Gasteiger partial charge in [0.25, 0.3) is 0 Å². The van der Waals surface area contributed by atoms with Gasteiger partial charge < -0.3 is 10.1 Å². The van der Waals surface area contributed by atoms with Gasteiger partial charge in [-0.2, -0.15) is 0 Å². The molecule has 1 spiro atoms. The third-order valence-electron chi connectivity index (χ3n) is 3.99. The fraction of sp³-hybridized carbons (Fsp3) is 1.00. The van der Waals surface area contributed by atoms with Crippen LogP contribution in [0.25, 0.3) is 0 Å². The molecule has 3 nitrogen and oxygen atoms in total. The quantitative estimate of drug-likeness (QED) is 0.714. The summed E-state index contributed by atoms with van der Waals surface area (Å²) in [7, 11) is 0. The molecule has 2 saturated heterocycles. The molecule has 3 heteroatoms. The van der Waals surface area contributed by atoms with E-state index >= 15 is 0 Å². The van der Waals surface area contributed by atoms with Crippen LogP contribution in [-0.4, -0.2) is 31.5 Å². The normalized spacial score (nSPS) is 39.2. The molecular weight excluding hydrogens is 200 g/mol. The van der Waals surface area contributed by atoms with Crippen molar-refractivity contribution in [3.63, 3.8) is 0 Å². The van der Waals surface area contributed by atoms with Gasteiger partial charge in [-0.1, -0.05) is 27.7 Å². The van der Waals surface area contributed by atoms with E-state index in [4.69, 9.17) is 4.74 Å². The van der Waals surface area contributed by atoms with Gasteiger partial charge >= 0.3 is 0 Å². The van der Waals surface area contributed by atoms with Crippen molar-refractivity contribution >= 4 is 0 Å². The molecular formula is C13H26N2O. The lowest BCUT2D eigenvalue weighted by Gasteiger charge is -2.52. The van der Waals surface area contributed by atoms with Crippen LogP contribution in [0.3, 0.4) is 0 Å². The molecule has 2 aliphatic heterocycles. The lowest BCUT2D eigenvalue weighted by molar-refractivity contribution is -0.172. The van der Waals surface area contributed by atoms with E-state index in [9.17, 15) is 0 Å². The van der Waals surface area contributed by atoms with Crippen LogP contribution in [0, 0.1) is 11.3 Å². The van der Waals surface area contributed by atoms with Crippen LogP contribution in [0.5, 0.6) is 0 Å². The Hall–Kier alpha value is -0.120. The van der Waals surface area contributed by atoms with E-state index < -0.39 is 0 Å². The molecule has 0 saturated carbocycles. The highest BCUT2D eigenvalue weighted by molar-refractivity contribution is 4.98. The van der Waals surface area contributed by atoms with E-state index in [2.05, 4.69) is 38.3 Å². The molecule has 94 valence electrons. The van der Waals surface area contributed by atoms with Crippen LogP contribution in [0.2, 0.25) is 0 Å². The zero-order valence-corrected chi connectivity index (χ0v) is 11.1. The van der Waals surface area contributed by atoms with E-state index in [1.807, 2.05) is 0 Å². The monoisotopic (exact) mass is 226 g/mol. The Morgan fingerprint density at radius 3 is 2.62 bits per heavy atom. The molecule has 0 radical (unpaired) electrons. The first-order valence-electron chi connectivity index (χ1n) is 6.58. The molecule has 0 amide bonds. The van der Waals surface area contributed by atoms with Gasteiger partial charge in [0.2, 0.25) is 0 Å². The van der Waals surface area contributed by atoms with Gasteiger partial charge in [-0.05, 0) is 25.3 Å². The van der Waals surface area contributed by atoms with Crippen LogP contribution >= 0.6 is 0 Å². The maximum Gasteiger partial charge on any atom is 0.132 e. The second-order valence-corrected chi connectivity index (χ2v) is 6.42. The molecule has 2 rings (SSSR count). The van der Waals surface area contributed by atoms with Crippen LogP contribution in [0.4, 0.5) is 0 Å². The first kappa shape index (κ1) is 12.3. The second-order valence-electron chi connectivity index (χ2n) is 6.42. The van der Waals surface area contributed by atoms with Gasteiger partial charge in [-0.3, -0.25) is 5.32 Å². The average molecular weight is 226 g/mol. The van der Waals surface area contributed by atoms with Crippen LogP contribution in [-0.2, 0) is 4.74 Å². The van der Waals surface area contributed by atoms with Gasteiger partial charge in [0.05, 0.1) is 6.61 Å². The summed E-state index contributed by atoms with van der Waals surface area (Å²) in [5.74, 6) is 0.651. The SMILES string of the molecule is CC(C)C1NC2(CCCNC2)OCC1(C)C. The largest absolute Gasteiger partial charge is 0.359 e. The minimum absolute atomic E-state index is 0.0945. The van der Waals surface area contributed by atoms with Crippen LogP contribution in [0.15, 0.2) is 0 Å². The number of rotatable bonds is 1. The van der Waals surface area contributed by atoms with Crippen molar-refractivity contribution in [2.24, 2.45) is 11.3 Å². The Bertz CT molecular complexity index is 244. The predicted molar refractivity (Wildman–Crippen MR) is 66.3 cm³/mol. The Morgan fingerprint density at radius 2 is 2.06 bits per heavy atom. The zero-order valence-electron chi connectivity index (χ0n) is 11.1. The highest BCUT2D eigenvalue weighted by Gasteiger charge is 2.46. The molecule has 0 bridgehead atoms. The summed E-state index contributed by atoms with van der Waals surface area (Å²) in [6, 6.07) is 0.543. The molecule has 0 aromatic heterocycles. The first-order valence-corrected chi connectivity index (χ1v) is 6.58. The summed E-state index contributed by atoms with van der Waals surface area (Å²) in [4.78, 5) is 0. The van der Waals surface area contributed by atoms with Crippen molar-refractivity contribution in [2.45, 2.75) is 52.3 Å². The van der Waals surface area contributed by atoms with E-state index in [-0.39, 0.29) is 11.1 Å².